The number of ether oxygens (including phenoxy) is 2. The Morgan fingerprint density at radius 2 is 2.11 bits per heavy atom. The van der Waals surface area contributed by atoms with E-state index in [-0.39, 0.29) is 5.92 Å². The molecule has 0 saturated carbocycles. The second-order valence-corrected chi connectivity index (χ2v) is 5.03. The fraction of sp³-hybridized carbons (Fsp3) is 0.846. The molecule has 0 spiro atoms. The highest BCUT2D eigenvalue weighted by molar-refractivity contribution is 5.05. The lowest BCUT2D eigenvalue weighted by Gasteiger charge is -2.32. The molecule has 0 bridgehead atoms. The maximum Gasteiger partial charge on any atom is 0.232 e. The summed E-state index contributed by atoms with van der Waals surface area (Å²) in [6, 6.07) is 0. The SMILES string of the molecule is CCC(O)C(C)c1nc(C2(OC)CCOCC2)no1. The molecule has 2 heterocycles. The average Bonchev–Trinajstić information content (AvgIpc) is 2.96. The van der Waals surface area contributed by atoms with Gasteiger partial charge in [0.15, 0.2) is 0 Å². The third-order valence-electron chi connectivity index (χ3n) is 3.93. The molecule has 0 amide bonds. The molecule has 1 aromatic rings. The van der Waals surface area contributed by atoms with E-state index in [1.807, 2.05) is 13.8 Å². The molecular weight excluding hydrogens is 248 g/mol. The Kier molecular flexibility index (Phi) is 4.54. The van der Waals surface area contributed by atoms with E-state index in [1.165, 1.54) is 0 Å². The molecule has 0 radical (unpaired) electrons. The maximum atomic E-state index is 9.84. The predicted molar refractivity (Wildman–Crippen MR) is 67.8 cm³/mol. The minimum Gasteiger partial charge on any atom is -0.392 e. The van der Waals surface area contributed by atoms with Crippen LogP contribution in [0.4, 0.5) is 0 Å². The van der Waals surface area contributed by atoms with Crippen LogP contribution >= 0.6 is 0 Å². The first-order chi connectivity index (χ1) is 9.13. The van der Waals surface area contributed by atoms with Crippen molar-refractivity contribution in [1.29, 1.82) is 0 Å². The number of hydrogen-bond acceptors (Lipinski definition) is 6. The number of aliphatic hydroxyl groups excluding tert-OH is 1. The van der Waals surface area contributed by atoms with Gasteiger partial charge in [-0.2, -0.15) is 4.98 Å². The van der Waals surface area contributed by atoms with Crippen molar-refractivity contribution in [3.05, 3.63) is 11.7 Å². The van der Waals surface area contributed by atoms with Crippen molar-refractivity contribution in [1.82, 2.24) is 10.1 Å². The van der Waals surface area contributed by atoms with E-state index in [0.29, 0.717) is 44.2 Å². The first-order valence-corrected chi connectivity index (χ1v) is 6.78. The van der Waals surface area contributed by atoms with Crippen LogP contribution in [0.15, 0.2) is 4.52 Å². The minimum atomic E-state index is -0.517. The van der Waals surface area contributed by atoms with Gasteiger partial charge in [0, 0.05) is 33.2 Å². The van der Waals surface area contributed by atoms with Crippen molar-refractivity contribution in [2.24, 2.45) is 0 Å². The largest absolute Gasteiger partial charge is 0.392 e. The molecule has 2 unspecified atom stereocenters. The van der Waals surface area contributed by atoms with E-state index in [9.17, 15) is 5.11 Å². The second kappa shape index (κ2) is 5.98. The van der Waals surface area contributed by atoms with Crippen LogP contribution in [0, 0.1) is 0 Å². The third kappa shape index (κ3) is 2.80. The van der Waals surface area contributed by atoms with Crippen molar-refractivity contribution < 1.29 is 19.1 Å². The smallest absolute Gasteiger partial charge is 0.232 e. The zero-order valence-electron chi connectivity index (χ0n) is 11.8. The van der Waals surface area contributed by atoms with Gasteiger partial charge in [-0.3, -0.25) is 0 Å². The summed E-state index contributed by atoms with van der Waals surface area (Å²) in [7, 11) is 1.66. The van der Waals surface area contributed by atoms with Gasteiger partial charge in [-0.25, -0.2) is 0 Å². The van der Waals surface area contributed by atoms with E-state index < -0.39 is 11.7 Å². The van der Waals surface area contributed by atoms with Crippen LogP contribution in [-0.4, -0.2) is 41.7 Å². The summed E-state index contributed by atoms with van der Waals surface area (Å²) in [4.78, 5) is 4.43. The zero-order chi connectivity index (χ0) is 13.9. The molecule has 1 fully saturated rings. The molecule has 1 saturated heterocycles. The number of nitrogens with zero attached hydrogens (tertiary/aromatic N) is 2. The van der Waals surface area contributed by atoms with Gasteiger partial charge in [0.25, 0.3) is 0 Å². The monoisotopic (exact) mass is 270 g/mol. The highest BCUT2D eigenvalue weighted by atomic mass is 16.5. The van der Waals surface area contributed by atoms with Crippen molar-refractivity contribution in [3.8, 4) is 0 Å². The molecule has 1 aliphatic rings. The van der Waals surface area contributed by atoms with E-state index in [0.717, 1.165) is 0 Å². The molecule has 1 N–H and O–H groups in total. The molecule has 1 aromatic heterocycles. The molecule has 0 aromatic carbocycles. The Labute approximate surface area is 113 Å². The van der Waals surface area contributed by atoms with E-state index >= 15 is 0 Å². The standard InChI is InChI=1S/C13H22N2O4/c1-4-10(16)9(2)11-14-12(15-19-11)13(17-3)5-7-18-8-6-13/h9-10,16H,4-8H2,1-3H3. The Balaban J connectivity index is 2.19. The molecule has 2 atom stereocenters. The van der Waals surface area contributed by atoms with Gasteiger partial charge in [-0.05, 0) is 6.42 Å². The van der Waals surface area contributed by atoms with Crippen molar-refractivity contribution in [3.63, 3.8) is 0 Å². The number of aromatic nitrogens is 2. The Morgan fingerprint density at radius 1 is 1.42 bits per heavy atom. The highest BCUT2D eigenvalue weighted by Gasteiger charge is 2.39. The summed E-state index contributed by atoms with van der Waals surface area (Å²) < 4.78 is 16.3. The quantitative estimate of drug-likeness (QED) is 0.875. The van der Waals surface area contributed by atoms with Gasteiger partial charge in [0.05, 0.1) is 12.0 Å². The second-order valence-electron chi connectivity index (χ2n) is 5.03. The van der Waals surface area contributed by atoms with Gasteiger partial charge in [0.1, 0.15) is 5.60 Å². The lowest BCUT2D eigenvalue weighted by atomic mass is 9.93. The summed E-state index contributed by atoms with van der Waals surface area (Å²) in [5, 5.41) is 13.9. The van der Waals surface area contributed by atoms with E-state index in [1.54, 1.807) is 7.11 Å². The summed E-state index contributed by atoms with van der Waals surface area (Å²) in [6.45, 7) is 5.07. The van der Waals surface area contributed by atoms with Gasteiger partial charge < -0.3 is 19.1 Å². The summed E-state index contributed by atoms with van der Waals surface area (Å²) in [5.41, 5.74) is -0.517. The van der Waals surface area contributed by atoms with Crippen molar-refractivity contribution >= 4 is 0 Å². The Hall–Kier alpha value is -0.980. The molecule has 6 nitrogen and oxygen atoms in total. The van der Waals surface area contributed by atoms with Gasteiger partial charge in [0.2, 0.25) is 11.7 Å². The van der Waals surface area contributed by atoms with Gasteiger partial charge >= 0.3 is 0 Å². The number of methoxy groups -OCH3 is 1. The number of aliphatic hydroxyl groups is 1. The predicted octanol–water partition coefficient (Wildman–Crippen LogP) is 1.60. The number of hydrogen-bond donors (Lipinski definition) is 1. The highest BCUT2D eigenvalue weighted by Crippen LogP contribution is 2.34. The molecule has 108 valence electrons. The first kappa shape index (κ1) is 14.4. The zero-order valence-corrected chi connectivity index (χ0v) is 11.8. The topological polar surface area (TPSA) is 77.6 Å². The number of rotatable bonds is 5. The normalized spacial score (nSPS) is 22.1. The Bertz CT molecular complexity index is 401. The first-order valence-electron chi connectivity index (χ1n) is 6.78. The molecule has 0 aliphatic carbocycles. The third-order valence-corrected chi connectivity index (χ3v) is 3.93. The fourth-order valence-electron chi connectivity index (χ4n) is 2.34. The molecular formula is C13H22N2O4. The van der Waals surface area contributed by atoms with E-state index in [2.05, 4.69) is 10.1 Å². The summed E-state index contributed by atoms with van der Waals surface area (Å²) >= 11 is 0. The van der Waals surface area contributed by atoms with Gasteiger partial charge in [-0.1, -0.05) is 19.0 Å². The van der Waals surface area contributed by atoms with Crippen LogP contribution in [0.1, 0.15) is 50.7 Å². The molecule has 1 aliphatic heterocycles. The summed E-state index contributed by atoms with van der Waals surface area (Å²) in [6.07, 6.45) is 1.61. The van der Waals surface area contributed by atoms with Crippen LogP contribution in [-0.2, 0) is 15.1 Å². The minimum absolute atomic E-state index is 0.167. The lowest BCUT2D eigenvalue weighted by Crippen LogP contribution is -2.36. The van der Waals surface area contributed by atoms with Crippen LogP contribution in [0.25, 0.3) is 0 Å². The van der Waals surface area contributed by atoms with Crippen molar-refractivity contribution in [2.45, 2.75) is 50.7 Å². The van der Waals surface area contributed by atoms with Gasteiger partial charge in [-0.15, -0.1) is 0 Å². The van der Waals surface area contributed by atoms with Crippen molar-refractivity contribution in [2.75, 3.05) is 20.3 Å². The fourth-order valence-corrected chi connectivity index (χ4v) is 2.34. The van der Waals surface area contributed by atoms with Crippen LogP contribution in [0.5, 0.6) is 0 Å². The molecule has 6 heteroatoms. The average molecular weight is 270 g/mol. The Morgan fingerprint density at radius 3 is 2.68 bits per heavy atom. The maximum absolute atomic E-state index is 9.84. The molecule has 19 heavy (non-hydrogen) atoms. The molecule has 2 rings (SSSR count). The van der Waals surface area contributed by atoms with Crippen LogP contribution in [0.3, 0.4) is 0 Å². The van der Waals surface area contributed by atoms with E-state index in [4.69, 9.17) is 14.0 Å². The lowest BCUT2D eigenvalue weighted by molar-refractivity contribution is -0.101. The van der Waals surface area contributed by atoms with Crippen LogP contribution in [0.2, 0.25) is 0 Å². The van der Waals surface area contributed by atoms with Crippen LogP contribution < -0.4 is 0 Å². The summed E-state index contributed by atoms with van der Waals surface area (Å²) in [5.74, 6) is 0.857.